The Balaban J connectivity index is 1.41. The van der Waals surface area contributed by atoms with Gasteiger partial charge in [-0.05, 0) is 90.0 Å². The first-order valence-corrected chi connectivity index (χ1v) is 15.5. The van der Waals surface area contributed by atoms with E-state index in [9.17, 15) is 22.8 Å². The molecule has 9 nitrogen and oxygen atoms in total. The van der Waals surface area contributed by atoms with Crippen molar-refractivity contribution in [1.29, 1.82) is 0 Å². The molecule has 4 aromatic carbocycles. The summed E-state index contributed by atoms with van der Waals surface area (Å²) in [6.45, 7) is 5.40. The van der Waals surface area contributed by atoms with Gasteiger partial charge in [0.15, 0.2) is 5.75 Å². The largest absolute Gasteiger partial charge is 0.491 e. The molecule has 0 unspecified atom stereocenters. The van der Waals surface area contributed by atoms with Crippen molar-refractivity contribution >= 4 is 61.5 Å². The lowest BCUT2D eigenvalue weighted by Crippen LogP contribution is -2.32. The predicted molar refractivity (Wildman–Crippen MR) is 167 cm³/mol. The van der Waals surface area contributed by atoms with Crippen molar-refractivity contribution in [3.63, 3.8) is 0 Å². The second-order valence-electron chi connectivity index (χ2n) is 9.89. The van der Waals surface area contributed by atoms with Crippen LogP contribution in [0.4, 0.5) is 10.5 Å². The van der Waals surface area contributed by atoms with Gasteiger partial charge in [0.25, 0.3) is 11.1 Å². The average molecular weight is 617 g/mol. The number of rotatable bonds is 9. The van der Waals surface area contributed by atoms with Gasteiger partial charge in [-0.15, -0.1) is 0 Å². The van der Waals surface area contributed by atoms with Gasteiger partial charge in [-0.1, -0.05) is 42.5 Å². The fourth-order valence-corrected chi connectivity index (χ4v) is 6.30. The van der Waals surface area contributed by atoms with E-state index in [1.165, 1.54) is 43.3 Å². The summed E-state index contributed by atoms with van der Waals surface area (Å²) < 4.78 is 37.9. The molecular formula is C32H28N2O7S2. The number of carbonyl (C=O) groups excluding carboxylic acids is 3. The van der Waals surface area contributed by atoms with Crippen molar-refractivity contribution in [3.8, 4) is 11.5 Å². The Labute approximate surface area is 253 Å². The Hall–Kier alpha value is -4.61. The number of amides is 3. The van der Waals surface area contributed by atoms with Gasteiger partial charge in [0.05, 0.1) is 11.4 Å². The normalized spacial score (nSPS) is 14.4. The number of nitrogens with zero attached hydrogens (tertiary/aromatic N) is 1. The van der Waals surface area contributed by atoms with Gasteiger partial charge in [0.2, 0.25) is 5.91 Å². The highest BCUT2D eigenvalue weighted by atomic mass is 32.2. The lowest BCUT2D eigenvalue weighted by molar-refractivity contribution is -0.123. The minimum Gasteiger partial charge on any atom is -0.491 e. The van der Waals surface area contributed by atoms with Crippen molar-refractivity contribution in [2.45, 2.75) is 25.7 Å². The lowest BCUT2D eigenvalue weighted by atomic mass is 10.0. The maximum Gasteiger partial charge on any atom is 0.339 e. The summed E-state index contributed by atoms with van der Waals surface area (Å²) in [5.74, 6) is -0.110. The van der Waals surface area contributed by atoms with Gasteiger partial charge in [0, 0.05) is 18.2 Å². The van der Waals surface area contributed by atoms with Crippen LogP contribution in [0.2, 0.25) is 0 Å². The van der Waals surface area contributed by atoms with Crippen LogP contribution in [0.25, 0.3) is 16.8 Å². The van der Waals surface area contributed by atoms with Gasteiger partial charge in [-0.2, -0.15) is 8.42 Å². The van der Waals surface area contributed by atoms with Crippen molar-refractivity contribution in [2.75, 3.05) is 18.5 Å². The maximum absolute atomic E-state index is 13.3. The van der Waals surface area contributed by atoms with Gasteiger partial charge in [-0.25, -0.2) is 0 Å². The first-order chi connectivity index (χ1) is 20.5. The summed E-state index contributed by atoms with van der Waals surface area (Å²) in [5, 5.41) is 3.57. The number of thioether (sulfide) groups is 1. The minimum absolute atomic E-state index is 0.00491. The third kappa shape index (κ3) is 6.73. The van der Waals surface area contributed by atoms with Crippen molar-refractivity contribution < 1.29 is 31.7 Å². The molecule has 5 rings (SSSR count). The van der Waals surface area contributed by atoms with E-state index in [2.05, 4.69) is 5.32 Å². The van der Waals surface area contributed by atoms with E-state index >= 15 is 0 Å². The number of aryl methyl sites for hydroxylation is 2. The molecule has 1 N–H and O–H groups in total. The Kier molecular flexibility index (Phi) is 8.56. The summed E-state index contributed by atoms with van der Waals surface area (Å²) in [4.78, 5) is 38.6. The molecule has 0 aliphatic carbocycles. The third-order valence-corrected chi connectivity index (χ3v) is 8.81. The number of anilines is 1. The van der Waals surface area contributed by atoms with Crippen molar-refractivity contribution in [1.82, 2.24) is 4.90 Å². The molecule has 11 heteroatoms. The molecule has 1 fully saturated rings. The number of ether oxygens (including phenoxy) is 1. The number of hydrogen-bond acceptors (Lipinski definition) is 8. The Morgan fingerprint density at radius 1 is 0.953 bits per heavy atom. The molecule has 4 aromatic rings. The Morgan fingerprint density at radius 3 is 2.44 bits per heavy atom. The maximum atomic E-state index is 13.3. The topological polar surface area (TPSA) is 119 Å². The summed E-state index contributed by atoms with van der Waals surface area (Å²) in [6, 6.07) is 21.9. The monoisotopic (exact) mass is 616 g/mol. The van der Waals surface area contributed by atoms with Gasteiger partial charge in [0.1, 0.15) is 17.3 Å². The molecule has 0 radical (unpaired) electrons. The smallest absolute Gasteiger partial charge is 0.339 e. The molecule has 1 aliphatic heterocycles. The predicted octanol–water partition coefficient (Wildman–Crippen LogP) is 6.30. The number of benzene rings is 4. The van der Waals surface area contributed by atoms with E-state index in [0.717, 1.165) is 33.2 Å². The number of hydrogen-bond donors (Lipinski definition) is 1. The average Bonchev–Trinajstić information content (AvgIpc) is 3.23. The molecule has 1 saturated heterocycles. The highest BCUT2D eigenvalue weighted by Gasteiger charge is 2.35. The second-order valence-corrected chi connectivity index (χ2v) is 12.4. The first kappa shape index (κ1) is 29.9. The van der Waals surface area contributed by atoms with Crippen LogP contribution in [0.3, 0.4) is 0 Å². The van der Waals surface area contributed by atoms with Gasteiger partial charge in [-0.3, -0.25) is 19.3 Å². The number of imide groups is 1. The summed E-state index contributed by atoms with van der Waals surface area (Å²) >= 11 is 0.770. The zero-order chi connectivity index (χ0) is 30.7. The lowest BCUT2D eigenvalue weighted by Gasteiger charge is -2.15. The molecule has 1 heterocycles. The van der Waals surface area contributed by atoms with Gasteiger partial charge < -0.3 is 14.2 Å². The molecular weight excluding hydrogens is 588 g/mol. The third-order valence-electron chi connectivity index (χ3n) is 6.66. The summed E-state index contributed by atoms with van der Waals surface area (Å²) in [7, 11) is -4.29. The van der Waals surface area contributed by atoms with Gasteiger partial charge >= 0.3 is 10.1 Å². The first-order valence-electron chi connectivity index (χ1n) is 13.3. The van der Waals surface area contributed by atoms with Crippen LogP contribution in [0.1, 0.15) is 23.6 Å². The Morgan fingerprint density at radius 2 is 1.70 bits per heavy atom. The zero-order valence-electron chi connectivity index (χ0n) is 23.6. The molecule has 1 aliphatic rings. The highest BCUT2D eigenvalue weighted by molar-refractivity contribution is 8.18. The molecule has 43 heavy (non-hydrogen) atoms. The fraction of sp³-hybridized carbons (Fsp3) is 0.156. The van der Waals surface area contributed by atoms with E-state index in [1.54, 1.807) is 18.2 Å². The van der Waals surface area contributed by atoms with E-state index < -0.39 is 21.3 Å². The molecule has 3 amide bonds. The fourth-order valence-electron chi connectivity index (χ4n) is 4.51. The van der Waals surface area contributed by atoms with E-state index in [4.69, 9.17) is 8.92 Å². The number of fused-ring (bicyclic) bond motifs is 1. The standard InChI is InChI=1S/C32H28N2O7S2/c1-20-8-9-21(2)29(18-20)40-17-16-34-31(36)30(42-32(34)37)19-27-26-7-5-4-6-23(26)10-15-28(27)41-43(38,39)25-13-11-24(12-14-25)33-22(3)35/h4-15,18-19H,16-17H2,1-3H3,(H,33,35)/b30-19-. The molecule has 220 valence electrons. The molecule has 0 saturated carbocycles. The highest BCUT2D eigenvalue weighted by Crippen LogP contribution is 2.37. The SMILES string of the molecule is CC(=O)Nc1ccc(S(=O)(=O)Oc2ccc3ccccc3c2/C=C2\SC(=O)N(CCOc3cc(C)ccc3C)C2=O)cc1. The number of nitrogens with one attached hydrogen (secondary N) is 1. The van der Waals surface area contributed by atoms with Crippen LogP contribution >= 0.6 is 11.8 Å². The van der Waals surface area contributed by atoms with Crippen LogP contribution in [-0.2, 0) is 19.7 Å². The van der Waals surface area contributed by atoms with Crippen LogP contribution in [0.5, 0.6) is 11.5 Å². The quantitative estimate of drug-likeness (QED) is 0.172. The molecule has 0 bridgehead atoms. The number of carbonyl (C=O) groups is 3. The van der Waals surface area contributed by atoms with Crippen LogP contribution in [-0.4, -0.2) is 43.5 Å². The molecule has 0 spiro atoms. The van der Waals surface area contributed by atoms with Crippen LogP contribution in [0.15, 0.2) is 88.7 Å². The van der Waals surface area contributed by atoms with Crippen molar-refractivity contribution in [3.05, 3.63) is 100 Å². The molecule has 0 aromatic heterocycles. The van der Waals surface area contributed by atoms with Crippen LogP contribution in [0, 0.1) is 13.8 Å². The Bertz CT molecular complexity index is 1880. The minimum atomic E-state index is -4.29. The summed E-state index contributed by atoms with van der Waals surface area (Å²) in [6.07, 6.45) is 1.49. The second kappa shape index (κ2) is 12.3. The zero-order valence-corrected chi connectivity index (χ0v) is 25.3. The summed E-state index contributed by atoms with van der Waals surface area (Å²) in [5.41, 5.74) is 2.76. The van der Waals surface area contributed by atoms with E-state index in [0.29, 0.717) is 22.4 Å². The van der Waals surface area contributed by atoms with E-state index in [-0.39, 0.29) is 34.6 Å². The van der Waals surface area contributed by atoms with E-state index in [1.807, 2.05) is 44.2 Å². The van der Waals surface area contributed by atoms with Crippen LogP contribution < -0.4 is 14.2 Å². The molecule has 0 atom stereocenters. The van der Waals surface area contributed by atoms with Crippen molar-refractivity contribution in [2.24, 2.45) is 0 Å².